The van der Waals surface area contributed by atoms with Crippen molar-refractivity contribution in [2.75, 3.05) is 0 Å². The molecule has 0 heterocycles. The van der Waals surface area contributed by atoms with Crippen LogP contribution >= 0.6 is 0 Å². The van der Waals surface area contributed by atoms with Gasteiger partial charge in [-0.1, -0.05) is 45.0 Å². The third kappa shape index (κ3) is 1.96. The molecule has 0 amide bonds. The van der Waals surface area contributed by atoms with Crippen LogP contribution in [0.3, 0.4) is 0 Å². The van der Waals surface area contributed by atoms with E-state index in [4.69, 9.17) is 4.43 Å². The lowest BCUT2D eigenvalue weighted by Gasteiger charge is -2.42. The second-order valence-corrected chi connectivity index (χ2v) is 11.0. The highest BCUT2D eigenvalue weighted by molar-refractivity contribution is 6.74. The monoisotopic (exact) mass is 234 g/mol. The molecular formula is C14H22OSi. The smallest absolute Gasteiger partial charge is 0.192 e. The molecule has 88 valence electrons. The Kier molecular flexibility index (Phi) is 2.75. The van der Waals surface area contributed by atoms with Crippen LogP contribution in [0.2, 0.25) is 18.1 Å². The number of fused-ring (bicyclic) bond motifs is 1. The number of hydrogen-bond acceptors (Lipinski definition) is 1. The van der Waals surface area contributed by atoms with Crippen LogP contribution in [0.1, 0.15) is 38.0 Å². The van der Waals surface area contributed by atoms with Crippen LogP contribution in [0.5, 0.6) is 0 Å². The van der Waals surface area contributed by atoms with E-state index in [0.29, 0.717) is 11.1 Å². The molecule has 1 aromatic rings. The topological polar surface area (TPSA) is 9.23 Å². The molecule has 0 spiro atoms. The van der Waals surface area contributed by atoms with Crippen molar-refractivity contribution >= 4 is 8.32 Å². The minimum atomic E-state index is -1.61. The zero-order valence-corrected chi connectivity index (χ0v) is 12.0. The van der Waals surface area contributed by atoms with Gasteiger partial charge in [-0.3, -0.25) is 0 Å². The molecule has 16 heavy (non-hydrogen) atoms. The van der Waals surface area contributed by atoms with Gasteiger partial charge in [0, 0.05) is 6.42 Å². The molecule has 1 aromatic carbocycles. The minimum Gasteiger partial charge on any atom is -0.410 e. The fourth-order valence-corrected chi connectivity index (χ4v) is 3.13. The largest absolute Gasteiger partial charge is 0.410 e. The Morgan fingerprint density at radius 2 is 1.81 bits per heavy atom. The summed E-state index contributed by atoms with van der Waals surface area (Å²) in [6, 6.07) is 8.64. The molecule has 0 fully saturated rings. The SMILES string of the molecule is CC(C)(C)[Si](C)(C)OC1Cc2ccccc21. The van der Waals surface area contributed by atoms with Crippen LogP contribution in [-0.2, 0) is 10.8 Å². The quantitative estimate of drug-likeness (QED) is 0.693. The van der Waals surface area contributed by atoms with Crippen LogP contribution in [0.15, 0.2) is 24.3 Å². The van der Waals surface area contributed by atoms with E-state index in [0.717, 1.165) is 6.42 Å². The van der Waals surface area contributed by atoms with Gasteiger partial charge in [0.25, 0.3) is 0 Å². The Labute approximate surface area is 100.0 Å². The van der Waals surface area contributed by atoms with Gasteiger partial charge in [-0.25, -0.2) is 0 Å². The van der Waals surface area contributed by atoms with E-state index in [1.54, 1.807) is 0 Å². The van der Waals surface area contributed by atoms with Crippen LogP contribution in [0.25, 0.3) is 0 Å². The molecule has 1 aliphatic rings. The lowest BCUT2D eigenvalue weighted by atomic mass is 9.86. The molecule has 1 nitrogen and oxygen atoms in total. The first-order valence-corrected chi connectivity index (χ1v) is 8.98. The van der Waals surface area contributed by atoms with Gasteiger partial charge in [0.05, 0.1) is 6.10 Å². The summed E-state index contributed by atoms with van der Waals surface area (Å²) in [5.74, 6) is 0. The van der Waals surface area contributed by atoms with Gasteiger partial charge >= 0.3 is 0 Å². The fraction of sp³-hybridized carbons (Fsp3) is 0.571. The highest BCUT2D eigenvalue weighted by atomic mass is 28.4. The van der Waals surface area contributed by atoms with Gasteiger partial charge in [0.1, 0.15) is 0 Å². The van der Waals surface area contributed by atoms with Crippen molar-refractivity contribution in [2.24, 2.45) is 0 Å². The van der Waals surface area contributed by atoms with Gasteiger partial charge in [0.15, 0.2) is 8.32 Å². The van der Waals surface area contributed by atoms with Crippen molar-refractivity contribution < 1.29 is 4.43 Å². The third-order valence-electron chi connectivity index (χ3n) is 4.05. The zero-order valence-electron chi connectivity index (χ0n) is 11.0. The third-order valence-corrected chi connectivity index (χ3v) is 8.54. The van der Waals surface area contributed by atoms with E-state index in [-0.39, 0.29) is 0 Å². The highest BCUT2D eigenvalue weighted by Crippen LogP contribution is 2.44. The molecule has 2 heteroatoms. The van der Waals surface area contributed by atoms with Crippen molar-refractivity contribution in [3.63, 3.8) is 0 Å². The van der Waals surface area contributed by atoms with E-state index in [1.165, 1.54) is 11.1 Å². The molecule has 1 aliphatic carbocycles. The maximum Gasteiger partial charge on any atom is 0.192 e. The Bertz CT molecular complexity index is 390. The Morgan fingerprint density at radius 1 is 1.19 bits per heavy atom. The predicted octanol–water partition coefficient (Wildman–Crippen LogP) is 4.31. The maximum atomic E-state index is 6.40. The summed E-state index contributed by atoms with van der Waals surface area (Å²) >= 11 is 0. The average molecular weight is 234 g/mol. The van der Waals surface area contributed by atoms with E-state index in [1.807, 2.05) is 0 Å². The number of rotatable bonds is 2. The summed E-state index contributed by atoms with van der Waals surface area (Å²) in [6.07, 6.45) is 1.46. The molecule has 0 N–H and O–H groups in total. The van der Waals surface area contributed by atoms with Crippen LogP contribution in [0, 0.1) is 0 Å². The van der Waals surface area contributed by atoms with Crippen molar-refractivity contribution in [3.05, 3.63) is 35.4 Å². The molecule has 2 rings (SSSR count). The van der Waals surface area contributed by atoms with Gasteiger partial charge in [0.2, 0.25) is 0 Å². The molecule has 0 radical (unpaired) electrons. The second-order valence-electron chi connectivity index (χ2n) is 6.27. The van der Waals surface area contributed by atoms with E-state index in [2.05, 4.69) is 58.1 Å². The number of benzene rings is 1. The van der Waals surface area contributed by atoms with Crippen LogP contribution in [-0.4, -0.2) is 8.32 Å². The molecular weight excluding hydrogens is 212 g/mol. The van der Waals surface area contributed by atoms with Gasteiger partial charge in [-0.05, 0) is 29.3 Å². The number of hydrogen-bond donors (Lipinski definition) is 0. The Balaban J connectivity index is 2.10. The van der Waals surface area contributed by atoms with Crippen molar-refractivity contribution in [1.82, 2.24) is 0 Å². The van der Waals surface area contributed by atoms with Gasteiger partial charge in [-0.15, -0.1) is 0 Å². The zero-order chi connectivity index (χ0) is 12.0. The summed E-state index contributed by atoms with van der Waals surface area (Å²) in [4.78, 5) is 0. The summed E-state index contributed by atoms with van der Waals surface area (Å²) in [5.41, 5.74) is 2.87. The van der Waals surface area contributed by atoms with Crippen molar-refractivity contribution in [2.45, 2.75) is 51.4 Å². The first-order valence-electron chi connectivity index (χ1n) is 6.07. The minimum absolute atomic E-state index is 0.303. The highest BCUT2D eigenvalue weighted by Gasteiger charge is 2.41. The summed E-state index contributed by atoms with van der Waals surface area (Å²) in [5, 5.41) is 0.303. The van der Waals surface area contributed by atoms with E-state index in [9.17, 15) is 0 Å². The van der Waals surface area contributed by atoms with Gasteiger partial charge in [-0.2, -0.15) is 0 Å². The first-order chi connectivity index (χ1) is 7.31. The van der Waals surface area contributed by atoms with Crippen molar-refractivity contribution in [1.29, 1.82) is 0 Å². The van der Waals surface area contributed by atoms with E-state index >= 15 is 0 Å². The van der Waals surface area contributed by atoms with Crippen LogP contribution in [0.4, 0.5) is 0 Å². The Morgan fingerprint density at radius 3 is 2.38 bits per heavy atom. The first kappa shape index (κ1) is 11.9. The normalized spacial score (nSPS) is 20.2. The fourth-order valence-electron chi connectivity index (χ4n) is 1.85. The Hall–Kier alpha value is -0.603. The summed E-state index contributed by atoms with van der Waals surface area (Å²) in [7, 11) is -1.61. The molecule has 0 saturated carbocycles. The lowest BCUT2D eigenvalue weighted by molar-refractivity contribution is 0.161. The average Bonchev–Trinajstić information content (AvgIpc) is 2.12. The predicted molar refractivity (Wildman–Crippen MR) is 71.2 cm³/mol. The van der Waals surface area contributed by atoms with E-state index < -0.39 is 8.32 Å². The summed E-state index contributed by atoms with van der Waals surface area (Å²) in [6.45, 7) is 11.5. The van der Waals surface area contributed by atoms with Crippen molar-refractivity contribution in [3.8, 4) is 0 Å². The second kappa shape index (κ2) is 3.71. The molecule has 1 unspecified atom stereocenters. The lowest BCUT2D eigenvalue weighted by Crippen LogP contribution is -2.43. The standard InChI is InChI=1S/C14H22OSi/c1-14(2,3)16(4,5)15-13-10-11-8-6-7-9-12(11)13/h6-9,13H,10H2,1-5H3. The summed E-state index contributed by atoms with van der Waals surface area (Å²) < 4.78 is 6.40. The molecule has 0 saturated heterocycles. The molecule has 0 aliphatic heterocycles. The molecule has 0 bridgehead atoms. The maximum absolute atomic E-state index is 6.40. The van der Waals surface area contributed by atoms with Crippen LogP contribution < -0.4 is 0 Å². The molecule has 0 aromatic heterocycles. The van der Waals surface area contributed by atoms with Gasteiger partial charge < -0.3 is 4.43 Å². The molecule has 1 atom stereocenters.